The fourth-order valence-corrected chi connectivity index (χ4v) is 2.30. The predicted molar refractivity (Wildman–Crippen MR) is 70.7 cm³/mol. The van der Waals surface area contributed by atoms with E-state index in [2.05, 4.69) is 5.32 Å². The minimum absolute atomic E-state index is 0.438. The highest BCUT2D eigenvalue weighted by Gasteiger charge is 2.13. The van der Waals surface area contributed by atoms with Crippen molar-refractivity contribution >= 4 is 5.91 Å². The summed E-state index contributed by atoms with van der Waals surface area (Å²) in [5.41, 5.74) is 5.76. The fraction of sp³-hybridized carbons (Fsp3) is 0.500. The van der Waals surface area contributed by atoms with Gasteiger partial charge in [-0.3, -0.25) is 4.79 Å². The Balaban J connectivity index is 1.84. The molecule has 4 heteroatoms. The number of ether oxygens (including phenoxy) is 1. The summed E-state index contributed by atoms with van der Waals surface area (Å²) in [5.74, 6) is 0.887. The zero-order valence-corrected chi connectivity index (χ0v) is 10.5. The van der Waals surface area contributed by atoms with E-state index in [0.717, 1.165) is 25.4 Å². The van der Waals surface area contributed by atoms with E-state index in [0.29, 0.717) is 17.9 Å². The Hall–Kier alpha value is -1.55. The van der Waals surface area contributed by atoms with Gasteiger partial charge in [-0.05, 0) is 50.4 Å². The van der Waals surface area contributed by atoms with Crippen molar-refractivity contribution in [1.29, 1.82) is 0 Å². The lowest BCUT2D eigenvalue weighted by atomic mass is 9.95. The minimum Gasteiger partial charge on any atom is -0.493 e. The van der Waals surface area contributed by atoms with E-state index < -0.39 is 5.91 Å². The van der Waals surface area contributed by atoms with Crippen molar-refractivity contribution in [2.24, 2.45) is 11.7 Å². The van der Waals surface area contributed by atoms with Crippen molar-refractivity contribution in [3.05, 3.63) is 29.8 Å². The molecule has 0 radical (unpaired) electrons. The normalized spacial score (nSPS) is 16.4. The highest BCUT2D eigenvalue weighted by molar-refractivity contribution is 5.95. The lowest BCUT2D eigenvalue weighted by Gasteiger charge is -2.22. The van der Waals surface area contributed by atoms with Gasteiger partial charge in [0.15, 0.2) is 0 Å². The van der Waals surface area contributed by atoms with Crippen molar-refractivity contribution in [1.82, 2.24) is 5.32 Å². The van der Waals surface area contributed by atoms with Crippen LogP contribution in [0.1, 0.15) is 29.6 Å². The Labute approximate surface area is 108 Å². The highest BCUT2D eigenvalue weighted by atomic mass is 16.5. The predicted octanol–water partition coefficient (Wildman–Crippen LogP) is 1.55. The van der Waals surface area contributed by atoms with Gasteiger partial charge >= 0.3 is 0 Å². The summed E-state index contributed by atoms with van der Waals surface area (Å²) in [6.45, 7) is 2.85. The van der Waals surface area contributed by atoms with Crippen LogP contribution in [0, 0.1) is 5.92 Å². The minimum atomic E-state index is -0.438. The number of piperidine rings is 1. The topological polar surface area (TPSA) is 64.4 Å². The van der Waals surface area contributed by atoms with Crippen LogP contribution in [0.15, 0.2) is 24.3 Å². The number of hydrogen-bond acceptors (Lipinski definition) is 3. The maximum absolute atomic E-state index is 11.2. The molecule has 0 spiro atoms. The third-order valence-corrected chi connectivity index (χ3v) is 3.39. The average molecular weight is 248 g/mol. The monoisotopic (exact) mass is 248 g/mol. The molecule has 1 amide bonds. The molecule has 98 valence electrons. The van der Waals surface area contributed by atoms with Gasteiger partial charge < -0.3 is 15.8 Å². The van der Waals surface area contributed by atoms with Gasteiger partial charge in [-0.25, -0.2) is 0 Å². The summed E-state index contributed by atoms with van der Waals surface area (Å²) >= 11 is 0. The number of carbonyl (C=O) groups is 1. The van der Waals surface area contributed by atoms with Crippen LogP contribution in [-0.2, 0) is 0 Å². The maximum Gasteiger partial charge on any atom is 0.252 e. The van der Waals surface area contributed by atoms with Gasteiger partial charge in [-0.15, -0.1) is 0 Å². The first-order valence-electron chi connectivity index (χ1n) is 6.49. The number of hydrogen-bond donors (Lipinski definition) is 2. The number of benzene rings is 1. The summed E-state index contributed by atoms with van der Waals surface area (Å²) in [5, 5.41) is 3.34. The summed E-state index contributed by atoms with van der Waals surface area (Å²) in [7, 11) is 0. The lowest BCUT2D eigenvalue weighted by Crippen LogP contribution is -2.28. The molecule has 4 nitrogen and oxygen atoms in total. The maximum atomic E-state index is 11.2. The summed E-state index contributed by atoms with van der Waals surface area (Å²) < 4.78 is 5.68. The van der Waals surface area contributed by atoms with E-state index in [1.807, 2.05) is 6.07 Å². The third-order valence-electron chi connectivity index (χ3n) is 3.39. The molecule has 0 bridgehead atoms. The second-order valence-corrected chi connectivity index (χ2v) is 4.69. The number of para-hydroxylation sites is 1. The van der Waals surface area contributed by atoms with Crippen LogP contribution in [0.2, 0.25) is 0 Å². The van der Waals surface area contributed by atoms with Crippen molar-refractivity contribution in [2.75, 3.05) is 19.7 Å². The number of carbonyl (C=O) groups excluding carboxylic acids is 1. The van der Waals surface area contributed by atoms with Crippen molar-refractivity contribution in [3.63, 3.8) is 0 Å². The molecule has 0 saturated carbocycles. The van der Waals surface area contributed by atoms with Crippen LogP contribution in [-0.4, -0.2) is 25.6 Å². The first kappa shape index (κ1) is 12.9. The van der Waals surface area contributed by atoms with Gasteiger partial charge in [0.25, 0.3) is 5.91 Å². The average Bonchev–Trinajstić information content (AvgIpc) is 2.40. The lowest BCUT2D eigenvalue weighted by molar-refractivity contribution is 0.0996. The molecule has 1 fully saturated rings. The van der Waals surface area contributed by atoms with Gasteiger partial charge in [0.1, 0.15) is 5.75 Å². The number of nitrogens with one attached hydrogen (secondary N) is 1. The molecule has 1 aromatic carbocycles. The molecular formula is C14H20N2O2. The summed E-state index contributed by atoms with van der Waals surface area (Å²) in [6, 6.07) is 7.14. The Kier molecular flexibility index (Phi) is 4.59. The number of amides is 1. The Bertz CT molecular complexity index is 401. The van der Waals surface area contributed by atoms with Crippen LogP contribution in [0.5, 0.6) is 5.75 Å². The van der Waals surface area contributed by atoms with E-state index in [-0.39, 0.29) is 0 Å². The molecule has 1 aromatic rings. The van der Waals surface area contributed by atoms with Gasteiger partial charge in [0.2, 0.25) is 0 Å². The first-order chi connectivity index (χ1) is 8.77. The first-order valence-corrected chi connectivity index (χ1v) is 6.49. The van der Waals surface area contributed by atoms with Crippen LogP contribution in [0.25, 0.3) is 0 Å². The molecule has 0 aliphatic carbocycles. The molecule has 1 aliphatic heterocycles. The van der Waals surface area contributed by atoms with Gasteiger partial charge in [0.05, 0.1) is 12.2 Å². The SMILES string of the molecule is NC(=O)c1ccccc1OCCC1CCNCC1. The summed E-state index contributed by atoms with van der Waals surface area (Å²) in [4.78, 5) is 11.2. The molecule has 1 heterocycles. The van der Waals surface area contributed by atoms with E-state index in [9.17, 15) is 4.79 Å². The quantitative estimate of drug-likeness (QED) is 0.831. The molecular weight excluding hydrogens is 228 g/mol. The standard InChI is InChI=1S/C14H20N2O2/c15-14(17)12-3-1-2-4-13(12)18-10-7-11-5-8-16-9-6-11/h1-4,11,16H,5-10H2,(H2,15,17). The number of nitrogens with two attached hydrogens (primary N) is 1. The largest absolute Gasteiger partial charge is 0.493 e. The van der Waals surface area contributed by atoms with E-state index in [4.69, 9.17) is 10.5 Å². The highest BCUT2D eigenvalue weighted by Crippen LogP contribution is 2.20. The van der Waals surface area contributed by atoms with Crippen LogP contribution < -0.4 is 15.8 Å². The smallest absolute Gasteiger partial charge is 0.252 e. The second-order valence-electron chi connectivity index (χ2n) is 4.69. The zero-order valence-electron chi connectivity index (χ0n) is 10.5. The van der Waals surface area contributed by atoms with E-state index in [1.54, 1.807) is 18.2 Å². The Morgan fingerprint density at radius 3 is 2.78 bits per heavy atom. The van der Waals surface area contributed by atoms with Crippen molar-refractivity contribution in [3.8, 4) is 5.75 Å². The number of primary amides is 1. The van der Waals surface area contributed by atoms with Crippen molar-refractivity contribution < 1.29 is 9.53 Å². The molecule has 1 aliphatic rings. The fourth-order valence-electron chi connectivity index (χ4n) is 2.30. The molecule has 1 saturated heterocycles. The van der Waals surface area contributed by atoms with Crippen LogP contribution in [0.3, 0.4) is 0 Å². The molecule has 18 heavy (non-hydrogen) atoms. The number of rotatable bonds is 5. The van der Waals surface area contributed by atoms with Gasteiger partial charge in [-0.1, -0.05) is 12.1 Å². The molecule has 0 atom stereocenters. The zero-order chi connectivity index (χ0) is 12.8. The van der Waals surface area contributed by atoms with E-state index in [1.165, 1.54) is 12.8 Å². The van der Waals surface area contributed by atoms with Crippen LogP contribution in [0.4, 0.5) is 0 Å². The molecule has 2 rings (SSSR count). The molecule has 0 unspecified atom stereocenters. The second kappa shape index (κ2) is 6.40. The molecule has 0 aromatic heterocycles. The molecule has 3 N–H and O–H groups in total. The van der Waals surface area contributed by atoms with Gasteiger partial charge in [0, 0.05) is 0 Å². The van der Waals surface area contributed by atoms with Gasteiger partial charge in [-0.2, -0.15) is 0 Å². The van der Waals surface area contributed by atoms with Crippen LogP contribution >= 0.6 is 0 Å². The van der Waals surface area contributed by atoms with E-state index >= 15 is 0 Å². The summed E-state index contributed by atoms with van der Waals surface area (Å²) in [6.07, 6.45) is 3.45. The third kappa shape index (κ3) is 3.47. The van der Waals surface area contributed by atoms with Crippen molar-refractivity contribution in [2.45, 2.75) is 19.3 Å². The Morgan fingerprint density at radius 1 is 1.33 bits per heavy atom. The Morgan fingerprint density at radius 2 is 2.06 bits per heavy atom.